The van der Waals surface area contributed by atoms with Gasteiger partial charge in [0, 0.05) is 30.1 Å². The highest BCUT2D eigenvalue weighted by Gasteiger charge is 2.09. The molecule has 0 amide bonds. The first-order valence-corrected chi connectivity index (χ1v) is 7.01. The zero-order valence-electron chi connectivity index (χ0n) is 12.5. The van der Waals surface area contributed by atoms with Crippen molar-refractivity contribution in [3.63, 3.8) is 0 Å². The van der Waals surface area contributed by atoms with E-state index in [1.54, 1.807) is 12.1 Å². The number of pyridine rings is 1. The van der Waals surface area contributed by atoms with Crippen LogP contribution in [0.5, 0.6) is 5.88 Å². The van der Waals surface area contributed by atoms with Crippen molar-refractivity contribution in [3.8, 4) is 5.88 Å². The maximum atomic E-state index is 12.2. The Hall–Kier alpha value is -2.31. The van der Waals surface area contributed by atoms with Crippen LogP contribution >= 0.6 is 0 Å². The van der Waals surface area contributed by atoms with Crippen molar-refractivity contribution < 1.29 is 13.5 Å². The average Bonchev–Trinajstić information content (AvgIpc) is 2.51. The Labute approximate surface area is 127 Å². The number of halogens is 2. The van der Waals surface area contributed by atoms with Gasteiger partial charge in [-0.25, -0.2) is 23.7 Å². The fourth-order valence-electron chi connectivity index (χ4n) is 1.92. The Morgan fingerprint density at radius 3 is 2.86 bits per heavy atom. The molecule has 1 N–H and O–H groups in total. The lowest BCUT2D eigenvalue weighted by atomic mass is 10.2. The van der Waals surface area contributed by atoms with Crippen LogP contribution in [-0.4, -0.2) is 28.0 Å². The second-order valence-corrected chi connectivity index (χ2v) is 4.67. The van der Waals surface area contributed by atoms with Crippen LogP contribution in [0.4, 0.5) is 14.6 Å². The summed E-state index contributed by atoms with van der Waals surface area (Å²) in [7, 11) is 0. The molecule has 5 nitrogen and oxygen atoms in total. The molecule has 118 valence electrons. The Morgan fingerprint density at radius 1 is 1.32 bits per heavy atom. The summed E-state index contributed by atoms with van der Waals surface area (Å²) in [6.45, 7) is 3.55. The Kier molecular flexibility index (Phi) is 5.57. The molecule has 2 aromatic rings. The summed E-state index contributed by atoms with van der Waals surface area (Å²) in [6, 6.07) is 5.37. The maximum absolute atomic E-state index is 12.2. The van der Waals surface area contributed by atoms with Crippen LogP contribution in [0, 0.1) is 6.92 Å². The van der Waals surface area contributed by atoms with Gasteiger partial charge in [-0.2, -0.15) is 0 Å². The zero-order valence-corrected chi connectivity index (χ0v) is 12.5. The number of aromatic nitrogens is 3. The van der Waals surface area contributed by atoms with Crippen molar-refractivity contribution in [1.29, 1.82) is 0 Å². The molecule has 22 heavy (non-hydrogen) atoms. The highest BCUT2D eigenvalue weighted by atomic mass is 19.3. The van der Waals surface area contributed by atoms with Gasteiger partial charge in [0.1, 0.15) is 11.6 Å². The number of aryl methyl sites for hydroxylation is 2. The number of nitrogens with one attached hydrogen (secondary N) is 1. The Morgan fingerprint density at radius 2 is 2.14 bits per heavy atom. The molecule has 0 unspecified atom stereocenters. The third-order valence-corrected chi connectivity index (χ3v) is 2.91. The molecule has 0 aliphatic heterocycles. The summed E-state index contributed by atoms with van der Waals surface area (Å²) in [4.78, 5) is 12.6. The molecule has 2 heterocycles. The number of rotatable bonds is 7. The number of nitrogens with zero attached hydrogens (tertiary/aromatic N) is 3. The number of ether oxygens (including phenoxy) is 1. The first kappa shape index (κ1) is 16.1. The number of hydrogen-bond donors (Lipinski definition) is 1. The summed E-state index contributed by atoms with van der Waals surface area (Å²) in [5.74, 6) is 1.58. The second kappa shape index (κ2) is 7.63. The van der Waals surface area contributed by atoms with Gasteiger partial charge in [-0.1, -0.05) is 13.0 Å². The van der Waals surface area contributed by atoms with Crippen LogP contribution in [0.25, 0.3) is 0 Å². The molecule has 2 rings (SSSR count). The van der Waals surface area contributed by atoms with Crippen LogP contribution in [0.3, 0.4) is 0 Å². The van der Waals surface area contributed by atoms with Gasteiger partial charge >= 0.3 is 0 Å². The van der Waals surface area contributed by atoms with E-state index in [4.69, 9.17) is 4.74 Å². The zero-order chi connectivity index (χ0) is 15.9. The van der Waals surface area contributed by atoms with Gasteiger partial charge in [0.15, 0.2) is 6.61 Å². The van der Waals surface area contributed by atoms with Gasteiger partial charge in [0.05, 0.1) is 0 Å². The molecule has 0 atom stereocenters. The lowest BCUT2D eigenvalue weighted by molar-refractivity contribution is 0.0791. The van der Waals surface area contributed by atoms with Crippen molar-refractivity contribution in [2.75, 3.05) is 11.9 Å². The lowest BCUT2D eigenvalue weighted by Gasteiger charge is -2.11. The minimum atomic E-state index is -2.53. The predicted octanol–water partition coefficient (Wildman–Crippen LogP) is 3.00. The fraction of sp³-hybridized carbons (Fsp3) is 0.400. The molecule has 7 heteroatoms. The highest BCUT2D eigenvalue weighted by molar-refractivity contribution is 5.38. The standard InChI is InChI=1S/C15H18F2N4O/c1-3-12-7-14(21-10(2)20-12)19-8-11-5-4-6-18-15(11)22-9-13(16)17/h4-7,13H,3,8-9H2,1-2H3,(H,19,20,21). The van der Waals surface area contributed by atoms with Crippen LogP contribution in [-0.2, 0) is 13.0 Å². The number of alkyl halides is 2. The van der Waals surface area contributed by atoms with Crippen LogP contribution in [0.1, 0.15) is 24.0 Å². The van der Waals surface area contributed by atoms with E-state index in [0.29, 0.717) is 23.8 Å². The maximum Gasteiger partial charge on any atom is 0.272 e. The highest BCUT2D eigenvalue weighted by Crippen LogP contribution is 2.17. The fourth-order valence-corrected chi connectivity index (χ4v) is 1.92. The van der Waals surface area contributed by atoms with Crippen molar-refractivity contribution in [2.24, 2.45) is 0 Å². The third kappa shape index (κ3) is 4.61. The second-order valence-electron chi connectivity index (χ2n) is 4.67. The third-order valence-electron chi connectivity index (χ3n) is 2.91. The summed E-state index contributed by atoms with van der Waals surface area (Å²) in [5.41, 5.74) is 1.63. The van der Waals surface area contributed by atoms with Gasteiger partial charge in [-0.3, -0.25) is 0 Å². The molecular formula is C15H18F2N4O. The number of anilines is 1. The van der Waals surface area contributed by atoms with E-state index in [2.05, 4.69) is 20.3 Å². The molecule has 0 bridgehead atoms. The summed E-state index contributed by atoms with van der Waals surface area (Å²) >= 11 is 0. The average molecular weight is 308 g/mol. The van der Waals surface area contributed by atoms with E-state index < -0.39 is 13.0 Å². The molecule has 0 aliphatic carbocycles. The SMILES string of the molecule is CCc1cc(NCc2cccnc2OCC(F)F)nc(C)n1. The van der Waals surface area contributed by atoms with Crippen LogP contribution < -0.4 is 10.1 Å². The topological polar surface area (TPSA) is 59.9 Å². The van der Waals surface area contributed by atoms with Crippen molar-refractivity contribution in [2.45, 2.75) is 33.2 Å². The predicted molar refractivity (Wildman–Crippen MR) is 79.2 cm³/mol. The first-order chi connectivity index (χ1) is 10.6. The van der Waals surface area contributed by atoms with Gasteiger partial charge in [0.2, 0.25) is 5.88 Å². The van der Waals surface area contributed by atoms with Gasteiger partial charge < -0.3 is 10.1 Å². The molecule has 0 saturated carbocycles. The minimum Gasteiger partial charge on any atom is -0.471 e. The summed E-state index contributed by atoms with van der Waals surface area (Å²) < 4.78 is 29.5. The molecule has 0 saturated heterocycles. The molecule has 0 aromatic carbocycles. The normalized spacial score (nSPS) is 10.8. The Bertz CT molecular complexity index is 622. The number of hydrogen-bond acceptors (Lipinski definition) is 5. The van der Waals surface area contributed by atoms with E-state index in [1.807, 2.05) is 19.9 Å². The van der Waals surface area contributed by atoms with E-state index in [9.17, 15) is 8.78 Å². The molecule has 0 fully saturated rings. The molecule has 2 aromatic heterocycles. The van der Waals surface area contributed by atoms with Crippen molar-refractivity contribution in [3.05, 3.63) is 41.5 Å². The molecule has 0 aliphatic rings. The largest absolute Gasteiger partial charge is 0.471 e. The van der Waals surface area contributed by atoms with Crippen LogP contribution in [0.15, 0.2) is 24.4 Å². The van der Waals surface area contributed by atoms with Crippen molar-refractivity contribution >= 4 is 5.82 Å². The summed E-state index contributed by atoms with van der Waals surface area (Å²) in [5, 5.41) is 3.15. The molecule has 0 spiro atoms. The van der Waals surface area contributed by atoms with E-state index in [-0.39, 0.29) is 5.88 Å². The smallest absolute Gasteiger partial charge is 0.272 e. The van der Waals surface area contributed by atoms with Crippen molar-refractivity contribution in [1.82, 2.24) is 15.0 Å². The molecular weight excluding hydrogens is 290 g/mol. The summed E-state index contributed by atoms with van der Waals surface area (Å²) in [6.07, 6.45) is -0.207. The van der Waals surface area contributed by atoms with Gasteiger partial charge in [-0.15, -0.1) is 0 Å². The lowest BCUT2D eigenvalue weighted by Crippen LogP contribution is -2.11. The van der Waals surface area contributed by atoms with Gasteiger partial charge in [0.25, 0.3) is 6.43 Å². The monoisotopic (exact) mass is 308 g/mol. The molecule has 0 radical (unpaired) electrons. The van der Waals surface area contributed by atoms with Gasteiger partial charge in [-0.05, 0) is 19.4 Å². The quantitative estimate of drug-likeness (QED) is 0.852. The first-order valence-electron chi connectivity index (χ1n) is 7.01. The van der Waals surface area contributed by atoms with Crippen LogP contribution in [0.2, 0.25) is 0 Å². The van der Waals surface area contributed by atoms with E-state index >= 15 is 0 Å². The minimum absolute atomic E-state index is 0.205. The van der Waals surface area contributed by atoms with E-state index in [0.717, 1.165) is 12.1 Å². The Balaban J connectivity index is 2.06. The van der Waals surface area contributed by atoms with E-state index in [1.165, 1.54) is 6.20 Å².